The van der Waals surface area contributed by atoms with Crippen LogP contribution in [0.1, 0.15) is 27.9 Å². The molecule has 0 aliphatic carbocycles. The molecule has 2 aromatic carbocycles. The molecule has 0 amide bonds. The van der Waals surface area contributed by atoms with Gasteiger partial charge in [-0.2, -0.15) is 0 Å². The molecular formula is C25H28N6OS. The second kappa shape index (κ2) is 10.2. The van der Waals surface area contributed by atoms with Gasteiger partial charge in [-0.15, -0.1) is 16.4 Å². The quantitative estimate of drug-likeness (QED) is 0.400. The molecule has 0 unspecified atom stereocenters. The highest BCUT2D eigenvalue weighted by molar-refractivity contribution is 7.09. The molecule has 1 atom stereocenters. The molecule has 1 fully saturated rings. The maximum Gasteiger partial charge on any atom is 0.173 e. The van der Waals surface area contributed by atoms with Gasteiger partial charge in [0, 0.05) is 37.6 Å². The molecule has 1 aliphatic heterocycles. The van der Waals surface area contributed by atoms with Gasteiger partial charge in [-0.3, -0.25) is 9.80 Å². The Labute approximate surface area is 198 Å². The van der Waals surface area contributed by atoms with Gasteiger partial charge in [0.1, 0.15) is 5.75 Å². The van der Waals surface area contributed by atoms with Gasteiger partial charge in [0.15, 0.2) is 5.82 Å². The van der Waals surface area contributed by atoms with Crippen LogP contribution in [0.25, 0.3) is 0 Å². The van der Waals surface area contributed by atoms with Gasteiger partial charge in [-0.25, -0.2) is 4.68 Å². The third-order valence-electron chi connectivity index (χ3n) is 6.14. The molecule has 1 aliphatic rings. The minimum atomic E-state index is -0.00950. The number of rotatable bonds is 8. The predicted molar refractivity (Wildman–Crippen MR) is 129 cm³/mol. The third kappa shape index (κ3) is 5.13. The van der Waals surface area contributed by atoms with E-state index in [1.807, 2.05) is 16.8 Å². The number of nitrogens with zero attached hydrogens (tertiary/aromatic N) is 6. The summed E-state index contributed by atoms with van der Waals surface area (Å²) in [5.41, 5.74) is 2.53. The average Bonchev–Trinajstić information content (AvgIpc) is 3.54. The minimum absolute atomic E-state index is 0.00950. The number of piperazine rings is 1. The Morgan fingerprint density at radius 2 is 1.70 bits per heavy atom. The predicted octanol–water partition coefficient (Wildman–Crippen LogP) is 3.70. The van der Waals surface area contributed by atoms with Gasteiger partial charge in [0.2, 0.25) is 0 Å². The maximum absolute atomic E-state index is 5.39. The van der Waals surface area contributed by atoms with E-state index in [0.717, 1.165) is 44.3 Å². The molecule has 7 nitrogen and oxygen atoms in total. The zero-order valence-electron chi connectivity index (χ0n) is 18.7. The number of hydrogen-bond donors (Lipinski definition) is 0. The van der Waals surface area contributed by atoms with E-state index in [0.29, 0.717) is 6.54 Å². The van der Waals surface area contributed by atoms with Crippen LogP contribution in [0.3, 0.4) is 0 Å². The van der Waals surface area contributed by atoms with Crippen LogP contribution in [0.2, 0.25) is 0 Å². The molecule has 0 bridgehead atoms. The number of aromatic nitrogens is 4. The van der Waals surface area contributed by atoms with Crippen molar-refractivity contribution in [3.63, 3.8) is 0 Å². The molecule has 33 heavy (non-hydrogen) atoms. The molecule has 0 spiro atoms. The number of thiophene rings is 1. The van der Waals surface area contributed by atoms with Crippen LogP contribution in [-0.4, -0.2) is 63.3 Å². The van der Waals surface area contributed by atoms with Crippen molar-refractivity contribution in [3.8, 4) is 5.75 Å². The van der Waals surface area contributed by atoms with Crippen LogP contribution < -0.4 is 4.74 Å². The summed E-state index contributed by atoms with van der Waals surface area (Å²) in [6.45, 7) is 5.59. The van der Waals surface area contributed by atoms with Crippen molar-refractivity contribution in [1.82, 2.24) is 30.0 Å². The van der Waals surface area contributed by atoms with Crippen molar-refractivity contribution in [3.05, 3.63) is 93.9 Å². The second-order valence-corrected chi connectivity index (χ2v) is 9.28. The van der Waals surface area contributed by atoms with Gasteiger partial charge in [0.25, 0.3) is 0 Å². The van der Waals surface area contributed by atoms with Crippen LogP contribution >= 0.6 is 11.3 Å². The van der Waals surface area contributed by atoms with Crippen molar-refractivity contribution in [2.45, 2.75) is 19.1 Å². The normalized spacial score (nSPS) is 16.0. The van der Waals surface area contributed by atoms with Crippen LogP contribution in [0.15, 0.2) is 72.1 Å². The van der Waals surface area contributed by atoms with Crippen LogP contribution in [0, 0.1) is 0 Å². The zero-order valence-corrected chi connectivity index (χ0v) is 19.6. The summed E-state index contributed by atoms with van der Waals surface area (Å²) in [5, 5.41) is 15.0. The molecular weight excluding hydrogens is 432 g/mol. The van der Waals surface area contributed by atoms with Crippen LogP contribution in [-0.2, 0) is 13.1 Å². The van der Waals surface area contributed by atoms with E-state index in [-0.39, 0.29) is 6.04 Å². The Morgan fingerprint density at radius 1 is 0.909 bits per heavy atom. The fourth-order valence-electron chi connectivity index (χ4n) is 4.40. The van der Waals surface area contributed by atoms with Gasteiger partial charge in [0.05, 0.1) is 19.7 Å². The fraction of sp³-hybridized carbons (Fsp3) is 0.320. The average molecular weight is 461 g/mol. The summed E-state index contributed by atoms with van der Waals surface area (Å²) in [7, 11) is 1.69. The number of ether oxygens (including phenoxy) is 1. The molecule has 1 saturated heterocycles. The lowest BCUT2D eigenvalue weighted by molar-refractivity contribution is 0.100. The lowest BCUT2D eigenvalue weighted by atomic mass is 10.0. The highest BCUT2D eigenvalue weighted by atomic mass is 32.1. The van der Waals surface area contributed by atoms with Crippen molar-refractivity contribution < 1.29 is 4.74 Å². The minimum Gasteiger partial charge on any atom is -0.497 e. The first-order valence-corrected chi connectivity index (χ1v) is 12.1. The topological polar surface area (TPSA) is 59.3 Å². The Kier molecular flexibility index (Phi) is 6.76. The third-order valence-corrected chi connectivity index (χ3v) is 7.00. The Morgan fingerprint density at radius 3 is 2.39 bits per heavy atom. The molecule has 3 heterocycles. The van der Waals surface area contributed by atoms with Crippen molar-refractivity contribution >= 4 is 11.3 Å². The fourth-order valence-corrected chi connectivity index (χ4v) is 5.09. The van der Waals surface area contributed by atoms with Crippen molar-refractivity contribution in [2.75, 3.05) is 33.3 Å². The smallest absolute Gasteiger partial charge is 0.173 e. The van der Waals surface area contributed by atoms with E-state index in [2.05, 4.69) is 85.3 Å². The van der Waals surface area contributed by atoms with Crippen molar-refractivity contribution in [1.29, 1.82) is 0 Å². The van der Waals surface area contributed by atoms with Gasteiger partial charge in [-0.05, 0) is 45.1 Å². The largest absolute Gasteiger partial charge is 0.497 e. The zero-order chi connectivity index (χ0) is 22.5. The Bertz CT molecular complexity index is 1120. The monoisotopic (exact) mass is 460 g/mol. The SMILES string of the molecule is COc1ccc([C@H](c2nnnn2Cc2cccs2)N2CCN(Cc3ccccc3)CC2)cc1. The molecule has 0 saturated carbocycles. The lowest BCUT2D eigenvalue weighted by Crippen LogP contribution is -2.47. The van der Waals surface area contributed by atoms with E-state index in [9.17, 15) is 0 Å². The standard InChI is InChI=1S/C25H28N6OS/c1-32-22-11-9-21(10-12-22)24(25-26-27-28-31(25)19-23-8-5-17-33-23)30-15-13-29(14-16-30)18-20-6-3-2-4-7-20/h2-12,17,24H,13-16,18-19H2,1H3/t24-/m1/s1. The second-order valence-electron chi connectivity index (χ2n) is 8.25. The van der Waals surface area contributed by atoms with E-state index in [1.165, 1.54) is 16.0 Å². The summed E-state index contributed by atoms with van der Waals surface area (Å²) in [6, 6.07) is 23.2. The van der Waals surface area contributed by atoms with Gasteiger partial charge >= 0.3 is 0 Å². The van der Waals surface area contributed by atoms with Gasteiger partial charge in [-0.1, -0.05) is 48.5 Å². The molecule has 2 aromatic heterocycles. The first kappa shape index (κ1) is 21.8. The summed E-state index contributed by atoms with van der Waals surface area (Å²) in [5.74, 6) is 1.73. The van der Waals surface area contributed by atoms with E-state index in [1.54, 1.807) is 18.4 Å². The summed E-state index contributed by atoms with van der Waals surface area (Å²) in [4.78, 5) is 6.26. The Balaban J connectivity index is 1.38. The van der Waals surface area contributed by atoms with E-state index in [4.69, 9.17) is 4.74 Å². The molecule has 170 valence electrons. The summed E-state index contributed by atoms with van der Waals surface area (Å²) >= 11 is 1.73. The summed E-state index contributed by atoms with van der Waals surface area (Å²) < 4.78 is 7.33. The number of methoxy groups -OCH3 is 1. The van der Waals surface area contributed by atoms with E-state index < -0.39 is 0 Å². The van der Waals surface area contributed by atoms with Gasteiger partial charge < -0.3 is 4.74 Å². The summed E-state index contributed by atoms with van der Waals surface area (Å²) in [6.07, 6.45) is 0. The first-order chi connectivity index (χ1) is 16.3. The Hall–Kier alpha value is -3.07. The molecule has 8 heteroatoms. The number of tetrazole rings is 1. The first-order valence-electron chi connectivity index (χ1n) is 11.2. The number of benzene rings is 2. The lowest BCUT2D eigenvalue weighted by Gasteiger charge is -2.39. The molecule has 4 aromatic rings. The van der Waals surface area contributed by atoms with Crippen LogP contribution in [0.5, 0.6) is 5.75 Å². The number of hydrogen-bond acceptors (Lipinski definition) is 7. The molecule has 0 N–H and O–H groups in total. The molecule has 0 radical (unpaired) electrons. The van der Waals surface area contributed by atoms with E-state index >= 15 is 0 Å². The molecule has 5 rings (SSSR count). The van der Waals surface area contributed by atoms with Crippen LogP contribution in [0.4, 0.5) is 0 Å². The highest BCUT2D eigenvalue weighted by Crippen LogP contribution is 2.30. The maximum atomic E-state index is 5.39. The highest BCUT2D eigenvalue weighted by Gasteiger charge is 2.30. The van der Waals surface area contributed by atoms with Crippen molar-refractivity contribution in [2.24, 2.45) is 0 Å².